The van der Waals surface area contributed by atoms with Gasteiger partial charge in [0, 0.05) is 12.1 Å². The van der Waals surface area contributed by atoms with Gasteiger partial charge in [-0.15, -0.1) is 0 Å². The van der Waals surface area contributed by atoms with Crippen molar-refractivity contribution in [3.05, 3.63) is 18.0 Å². The molecule has 0 spiro atoms. The molecule has 0 fully saturated rings. The van der Waals surface area contributed by atoms with E-state index in [2.05, 4.69) is 10.2 Å². The third-order valence-corrected chi connectivity index (χ3v) is 0.745. The van der Waals surface area contributed by atoms with E-state index >= 15 is 0 Å². The van der Waals surface area contributed by atoms with E-state index in [1.54, 1.807) is 0 Å². The largest absolute Gasteiger partial charge is 0.858 e. The number of rotatable bonds is 1. The van der Waals surface area contributed by atoms with Gasteiger partial charge >= 0.3 is 0 Å². The molecule has 0 atom stereocenters. The summed E-state index contributed by atoms with van der Waals surface area (Å²) >= 11 is 0. The Morgan fingerprint density at radius 1 is 1.88 bits per heavy atom. The van der Waals surface area contributed by atoms with Crippen LogP contribution in [0.1, 0.15) is 5.69 Å². The molecule has 4 nitrogen and oxygen atoms in total. The van der Waals surface area contributed by atoms with Crippen LogP contribution in [0.5, 0.6) is 0 Å². The van der Waals surface area contributed by atoms with E-state index in [9.17, 15) is 5.11 Å². The minimum atomic E-state index is -0.734. The summed E-state index contributed by atoms with van der Waals surface area (Å²) in [6.45, 7) is 0. The van der Waals surface area contributed by atoms with E-state index in [0.717, 1.165) is 0 Å². The number of hydrogen-bond donors (Lipinski definition) is 2. The van der Waals surface area contributed by atoms with Crippen LogP contribution in [0.2, 0.25) is 0 Å². The second kappa shape index (κ2) is 1.65. The average Bonchev–Trinajstić information content (AvgIpc) is 2.12. The summed E-state index contributed by atoms with van der Waals surface area (Å²) in [6.07, 6.45) is 1.43. The number of H-pyrrole nitrogens is 1. The maximum atomic E-state index is 10.1. The molecule has 1 rings (SSSR count). The summed E-state index contributed by atoms with van der Waals surface area (Å²) in [4.78, 5) is 0. The van der Waals surface area contributed by atoms with Gasteiger partial charge in [0.25, 0.3) is 0 Å². The van der Waals surface area contributed by atoms with Gasteiger partial charge in [0.1, 0.15) is 0 Å². The molecule has 1 aromatic rings. The molecule has 0 radical (unpaired) electrons. The molecule has 0 amide bonds. The average molecular weight is 110 g/mol. The fourth-order valence-electron chi connectivity index (χ4n) is 0.382. The van der Waals surface area contributed by atoms with Gasteiger partial charge in [0.15, 0.2) is 0 Å². The molecule has 1 aromatic heterocycles. The van der Waals surface area contributed by atoms with Gasteiger partial charge in [-0.3, -0.25) is 5.10 Å². The number of aromatic amines is 1. The van der Waals surface area contributed by atoms with Crippen molar-refractivity contribution < 1.29 is 5.11 Å². The van der Waals surface area contributed by atoms with Gasteiger partial charge in [0.2, 0.25) is 0 Å². The van der Waals surface area contributed by atoms with Crippen LogP contribution in [0.4, 0.5) is 0 Å². The van der Waals surface area contributed by atoms with Crippen molar-refractivity contribution in [3.63, 3.8) is 0 Å². The lowest BCUT2D eigenvalue weighted by molar-refractivity contribution is -0.214. The molecule has 0 aromatic carbocycles. The molecule has 4 heteroatoms. The van der Waals surface area contributed by atoms with Gasteiger partial charge < -0.3 is 10.5 Å². The van der Waals surface area contributed by atoms with E-state index in [-0.39, 0.29) is 5.69 Å². The van der Waals surface area contributed by atoms with Crippen LogP contribution >= 0.6 is 0 Å². The van der Waals surface area contributed by atoms with E-state index in [1.165, 1.54) is 12.3 Å². The molecular formula is C4H4N3O-. The van der Waals surface area contributed by atoms with Crippen LogP contribution in [-0.4, -0.2) is 16.1 Å². The fourth-order valence-corrected chi connectivity index (χ4v) is 0.382. The molecule has 0 aliphatic carbocycles. The van der Waals surface area contributed by atoms with Crippen LogP contribution < -0.4 is 5.11 Å². The Hall–Kier alpha value is -1.32. The minimum Gasteiger partial charge on any atom is -0.858 e. The predicted octanol–water partition coefficient (Wildman–Crippen LogP) is -0.905. The monoisotopic (exact) mass is 110 g/mol. The standard InChI is InChI=1S/C4H5N3O/c5-4(8)3-1-2-6-7-3/h1-2H,(H2,5,8)(H,6,7)/p-1. The first-order valence-corrected chi connectivity index (χ1v) is 2.06. The summed E-state index contributed by atoms with van der Waals surface area (Å²) in [5.41, 5.74) is 0.227. The van der Waals surface area contributed by atoms with Crippen molar-refractivity contribution in [3.8, 4) is 0 Å². The topological polar surface area (TPSA) is 75.6 Å². The Morgan fingerprint density at radius 3 is 2.88 bits per heavy atom. The highest BCUT2D eigenvalue weighted by atomic mass is 16.3. The molecule has 0 saturated heterocycles. The first-order valence-electron chi connectivity index (χ1n) is 2.06. The highest BCUT2D eigenvalue weighted by molar-refractivity contribution is 5.85. The van der Waals surface area contributed by atoms with Crippen LogP contribution in [0.15, 0.2) is 12.3 Å². The van der Waals surface area contributed by atoms with Gasteiger partial charge in [-0.05, 0) is 6.07 Å². The SMILES string of the molecule is N=C([O-])c1ccn[nH]1. The van der Waals surface area contributed by atoms with E-state index in [4.69, 9.17) is 5.41 Å². The van der Waals surface area contributed by atoms with Crippen molar-refractivity contribution >= 4 is 5.90 Å². The van der Waals surface area contributed by atoms with Crippen molar-refractivity contribution in [1.29, 1.82) is 5.41 Å². The normalized spacial score (nSPS) is 9.00. The quantitative estimate of drug-likeness (QED) is 0.363. The maximum absolute atomic E-state index is 10.1. The number of hydrogen-bond acceptors (Lipinski definition) is 3. The van der Waals surface area contributed by atoms with Crippen LogP contribution in [-0.2, 0) is 0 Å². The lowest BCUT2D eigenvalue weighted by Crippen LogP contribution is -2.16. The molecule has 0 bridgehead atoms. The molecule has 8 heavy (non-hydrogen) atoms. The molecule has 1 heterocycles. The minimum absolute atomic E-state index is 0.227. The van der Waals surface area contributed by atoms with E-state index in [0.29, 0.717) is 0 Å². The van der Waals surface area contributed by atoms with Crippen molar-refractivity contribution in [1.82, 2.24) is 10.2 Å². The van der Waals surface area contributed by atoms with E-state index < -0.39 is 5.90 Å². The third kappa shape index (κ3) is 0.676. The molecule has 0 saturated carbocycles. The second-order valence-corrected chi connectivity index (χ2v) is 1.30. The molecule has 0 unspecified atom stereocenters. The van der Waals surface area contributed by atoms with Gasteiger partial charge in [-0.1, -0.05) is 0 Å². The molecule has 0 aliphatic rings. The maximum Gasteiger partial charge on any atom is 0.0678 e. The molecular weight excluding hydrogens is 106 g/mol. The van der Waals surface area contributed by atoms with E-state index in [1.807, 2.05) is 0 Å². The number of aromatic nitrogens is 2. The zero-order chi connectivity index (χ0) is 5.98. The van der Waals surface area contributed by atoms with Crippen LogP contribution in [0.25, 0.3) is 0 Å². The molecule has 42 valence electrons. The second-order valence-electron chi connectivity index (χ2n) is 1.30. The zero-order valence-electron chi connectivity index (χ0n) is 4.01. The predicted molar refractivity (Wildman–Crippen MR) is 25.4 cm³/mol. The third-order valence-electron chi connectivity index (χ3n) is 0.745. The summed E-state index contributed by atoms with van der Waals surface area (Å²) in [5.74, 6) is -0.734. The lowest BCUT2D eigenvalue weighted by atomic mass is 10.4. The van der Waals surface area contributed by atoms with Crippen LogP contribution in [0, 0.1) is 5.41 Å². The Balaban J connectivity index is 2.93. The lowest BCUT2D eigenvalue weighted by Gasteiger charge is -1.99. The fraction of sp³-hybridized carbons (Fsp3) is 0. The Morgan fingerprint density at radius 2 is 2.62 bits per heavy atom. The first-order chi connectivity index (χ1) is 3.80. The summed E-state index contributed by atoms with van der Waals surface area (Å²) < 4.78 is 0. The van der Waals surface area contributed by atoms with Crippen molar-refractivity contribution in [2.24, 2.45) is 0 Å². The zero-order valence-corrected chi connectivity index (χ0v) is 4.01. The highest BCUT2D eigenvalue weighted by Gasteiger charge is 1.85. The first kappa shape index (κ1) is 4.83. The van der Waals surface area contributed by atoms with Gasteiger partial charge in [0.05, 0.1) is 5.69 Å². The van der Waals surface area contributed by atoms with Gasteiger partial charge in [-0.2, -0.15) is 5.10 Å². The van der Waals surface area contributed by atoms with Crippen LogP contribution in [0.3, 0.4) is 0 Å². The Labute approximate surface area is 45.7 Å². The summed E-state index contributed by atoms with van der Waals surface area (Å²) in [7, 11) is 0. The smallest absolute Gasteiger partial charge is 0.0678 e. The number of nitrogens with zero attached hydrogens (tertiary/aromatic N) is 1. The molecule has 0 aliphatic heterocycles. The Kier molecular flexibility index (Phi) is 0.997. The van der Waals surface area contributed by atoms with Crippen molar-refractivity contribution in [2.45, 2.75) is 0 Å². The molecule has 2 N–H and O–H groups in total. The number of nitrogens with one attached hydrogen (secondary N) is 2. The summed E-state index contributed by atoms with van der Waals surface area (Å²) in [5, 5.41) is 22.5. The Bertz CT molecular complexity index is 179. The highest BCUT2D eigenvalue weighted by Crippen LogP contribution is 1.85. The summed E-state index contributed by atoms with van der Waals surface area (Å²) in [6, 6.07) is 1.45. The van der Waals surface area contributed by atoms with Gasteiger partial charge in [-0.25, -0.2) is 0 Å². The van der Waals surface area contributed by atoms with Crippen molar-refractivity contribution in [2.75, 3.05) is 0 Å².